The number of nitrogens with one attached hydrogen (secondary N) is 1. The molecular weight excluding hydrogens is 275 g/mol. The monoisotopic (exact) mass is 292 g/mol. The number of carboxylic acid groups (broad SMARTS) is 1. The van der Waals surface area contributed by atoms with Crippen molar-refractivity contribution in [2.24, 2.45) is 0 Å². The lowest BCUT2D eigenvalue weighted by molar-refractivity contribution is 0.0692. The minimum Gasteiger partial charge on any atom is -0.478 e. The van der Waals surface area contributed by atoms with E-state index in [0.717, 1.165) is 11.8 Å². The van der Waals surface area contributed by atoms with Crippen molar-refractivity contribution in [1.82, 2.24) is 4.98 Å². The van der Waals surface area contributed by atoms with E-state index in [1.807, 2.05) is 20.8 Å². The first kappa shape index (κ1) is 15.0. The maximum Gasteiger partial charge on any atom is 0.338 e. The largest absolute Gasteiger partial charge is 0.478 e. The normalized spacial score (nSPS) is 11.4. The standard InChI is InChI=1S/C15H17FN2O3/c1-15(2,3)12-8-21-13(18-12)7-17-9-4-5-11(16)10(6-9)14(19)20/h4-6,8,17H,7H2,1-3H3,(H,19,20). The number of hydrogen-bond donors (Lipinski definition) is 2. The van der Waals surface area contributed by atoms with Crippen molar-refractivity contribution in [2.75, 3.05) is 5.32 Å². The highest BCUT2D eigenvalue weighted by Gasteiger charge is 2.18. The number of aromatic nitrogens is 1. The summed E-state index contributed by atoms with van der Waals surface area (Å²) < 4.78 is 18.6. The first-order valence-corrected chi connectivity index (χ1v) is 6.49. The summed E-state index contributed by atoms with van der Waals surface area (Å²) in [5.74, 6) is -1.58. The summed E-state index contributed by atoms with van der Waals surface area (Å²) >= 11 is 0. The number of halogens is 1. The zero-order valence-corrected chi connectivity index (χ0v) is 12.1. The fourth-order valence-electron chi connectivity index (χ4n) is 1.71. The molecule has 0 aliphatic carbocycles. The molecule has 0 radical (unpaired) electrons. The van der Waals surface area contributed by atoms with Crippen molar-refractivity contribution in [3.05, 3.63) is 47.4 Å². The van der Waals surface area contributed by atoms with E-state index in [0.29, 0.717) is 18.1 Å². The predicted octanol–water partition coefficient (Wildman–Crippen LogP) is 3.42. The Labute approximate surface area is 121 Å². The molecule has 0 fully saturated rings. The van der Waals surface area contributed by atoms with Crippen molar-refractivity contribution in [2.45, 2.75) is 32.7 Å². The van der Waals surface area contributed by atoms with Crippen LogP contribution in [0.15, 0.2) is 28.9 Å². The van der Waals surface area contributed by atoms with Crippen LogP contribution in [0.3, 0.4) is 0 Å². The number of oxazole rings is 1. The maximum atomic E-state index is 13.3. The molecule has 0 aliphatic rings. The lowest BCUT2D eigenvalue weighted by Crippen LogP contribution is -2.12. The van der Waals surface area contributed by atoms with Crippen LogP contribution in [0.4, 0.5) is 10.1 Å². The molecule has 1 aromatic heterocycles. The van der Waals surface area contributed by atoms with Crippen molar-refractivity contribution in [3.63, 3.8) is 0 Å². The molecule has 0 saturated carbocycles. The average Bonchev–Trinajstić information content (AvgIpc) is 2.86. The summed E-state index contributed by atoms with van der Waals surface area (Å²) in [4.78, 5) is 15.2. The van der Waals surface area contributed by atoms with Crippen LogP contribution in [-0.2, 0) is 12.0 Å². The zero-order chi connectivity index (χ0) is 15.6. The Balaban J connectivity index is 2.08. The first-order chi connectivity index (χ1) is 9.77. The van der Waals surface area contributed by atoms with Gasteiger partial charge >= 0.3 is 5.97 Å². The molecule has 1 heterocycles. The summed E-state index contributed by atoms with van der Waals surface area (Å²) in [7, 11) is 0. The highest BCUT2D eigenvalue weighted by molar-refractivity contribution is 5.89. The van der Waals surface area contributed by atoms with Crippen LogP contribution in [0.1, 0.15) is 42.7 Å². The fraction of sp³-hybridized carbons (Fsp3) is 0.333. The lowest BCUT2D eigenvalue weighted by Gasteiger charge is -2.13. The van der Waals surface area contributed by atoms with Gasteiger partial charge in [-0.15, -0.1) is 0 Å². The number of hydrogen-bond acceptors (Lipinski definition) is 4. The molecule has 0 bridgehead atoms. The number of carboxylic acids is 1. The van der Waals surface area contributed by atoms with E-state index < -0.39 is 11.8 Å². The van der Waals surface area contributed by atoms with Gasteiger partial charge in [0.1, 0.15) is 12.1 Å². The van der Waals surface area contributed by atoms with E-state index in [1.54, 1.807) is 6.26 Å². The molecule has 1 aromatic carbocycles. The van der Waals surface area contributed by atoms with Gasteiger partial charge in [0.15, 0.2) is 0 Å². The third kappa shape index (κ3) is 3.59. The van der Waals surface area contributed by atoms with Crippen molar-refractivity contribution >= 4 is 11.7 Å². The molecule has 0 saturated heterocycles. The van der Waals surface area contributed by atoms with Crippen LogP contribution in [0.25, 0.3) is 0 Å². The third-order valence-corrected chi connectivity index (χ3v) is 2.96. The Morgan fingerprint density at radius 2 is 2.14 bits per heavy atom. The number of anilines is 1. The average molecular weight is 292 g/mol. The summed E-state index contributed by atoms with van der Waals surface area (Å²) in [6.45, 7) is 6.38. The quantitative estimate of drug-likeness (QED) is 0.903. The van der Waals surface area contributed by atoms with Crippen LogP contribution < -0.4 is 5.32 Å². The van der Waals surface area contributed by atoms with Gasteiger partial charge in [-0.3, -0.25) is 0 Å². The van der Waals surface area contributed by atoms with Gasteiger partial charge in [-0.05, 0) is 18.2 Å². The minimum atomic E-state index is -1.30. The molecule has 21 heavy (non-hydrogen) atoms. The third-order valence-electron chi connectivity index (χ3n) is 2.96. The number of aromatic carboxylic acids is 1. The van der Waals surface area contributed by atoms with Crippen LogP contribution in [0.2, 0.25) is 0 Å². The molecular formula is C15H17FN2O3. The van der Waals surface area contributed by atoms with Crippen molar-refractivity contribution in [1.29, 1.82) is 0 Å². The highest BCUT2D eigenvalue weighted by atomic mass is 19.1. The van der Waals surface area contributed by atoms with E-state index in [1.165, 1.54) is 12.1 Å². The van der Waals surface area contributed by atoms with Crippen molar-refractivity contribution in [3.8, 4) is 0 Å². The predicted molar refractivity (Wildman–Crippen MR) is 75.9 cm³/mol. The molecule has 5 nitrogen and oxygen atoms in total. The second-order valence-corrected chi connectivity index (χ2v) is 5.73. The molecule has 0 atom stereocenters. The summed E-state index contributed by atoms with van der Waals surface area (Å²) in [6.07, 6.45) is 1.60. The summed E-state index contributed by atoms with van der Waals surface area (Å²) in [6, 6.07) is 3.82. The van der Waals surface area contributed by atoms with Gasteiger partial charge in [0.25, 0.3) is 0 Å². The van der Waals surface area contributed by atoms with Crippen LogP contribution >= 0.6 is 0 Å². The molecule has 0 aliphatic heterocycles. The van der Waals surface area contributed by atoms with E-state index in [4.69, 9.17) is 9.52 Å². The molecule has 112 valence electrons. The number of rotatable bonds is 4. The minimum absolute atomic E-state index is 0.103. The van der Waals surface area contributed by atoms with E-state index in [2.05, 4.69) is 10.3 Å². The molecule has 6 heteroatoms. The molecule has 2 rings (SSSR count). The second-order valence-electron chi connectivity index (χ2n) is 5.73. The Morgan fingerprint density at radius 3 is 2.71 bits per heavy atom. The smallest absolute Gasteiger partial charge is 0.338 e. The van der Waals surface area contributed by atoms with E-state index >= 15 is 0 Å². The van der Waals surface area contributed by atoms with Gasteiger partial charge in [-0.25, -0.2) is 14.2 Å². The number of nitrogens with zero attached hydrogens (tertiary/aromatic N) is 1. The Bertz CT molecular complexity index is 659. The lowest BCUT2D eigenvalue weighted by atomic mass is 9.93. The molecule has 2 N–H and O–H groups in total. The van der Waals surface area contributed by atoms with Gasteiger partial charge in [0, 0.05) is 11.1 Å². The number of carbonyl (C=O) groups is 1. The molecule has 0 unspecified atom stereocenters. The van der Waals surface area contributed by atoms with Gasteiger partial charge in [-0.2, -0.15) is 0 Å². The van der Waals surface area contributed by atoms with E-state index in [-0.39, 0.29) is 11.0 Å². The van der Waals surface area contributed by atoms with Crippen LogP contribution in [-0.4, -0.2) is 16.1 Å². The summed E-state index contributed by atoms with van der Waals surface area (Å²) in [5, 5.41) is 11.8. The second kappa shape index (κ2) is 5.55. The van der Waals surface area contributed by atoms with Gasteiger partial charge in [0.05, 0.1) is 17.8 Å². The fourth-order valence-corrected chi connectivity index (χ4v) is 1.71. The SMILES string of the molecule is CC(C)(C)c1coc(CNc2ccc(F)c(C(=O)O)c2)n1. The van der Waals surface area contributed by atoms with Gasteiger partial charge in [-0.1, -0.05) is 20.8 Å². The van der Waals surface area contributed by atoms with Gasteiger partial charge < -0.3 is 14.8 Å². The highest BCUT2D eigenvalue weighted by Crippen LogP contribution is 2.21. The van der Waals surface area contributed by atoms with Crippen LogP contribution in [0, 0.1) is 5.82 Å². The molecule has 0 spiro atoms. The van der Waals surface area contributed by atoms with Crippen molar-refractivity contribution < 1.29 is 18.7 Å². The number of benzene rings is 1. The zero-order valence-electron chi connectivity index (χ0n) is 12.1. The Kier molecular flexibility index (Phi) is 3.97. The van der Waals surface area contributed by atoms with Gasteiger partial charge in [0.2, 0.25) is 5.89 Å². The van der Waals surface area contributed by atoms with Crippen LogP contribution in [0.5, 0.6) is 0 Å². The Hall–Kier alpha value is -2.37. The maximum absolute atomic E-state index is 13.3. The molecule has 2 aromatic rings. The first-order valence-electron chi connectivity index (χ1n) is 6.49. The summed E-state index contributed by atoms with van der Waals surface area (Å²) in [5.41, 5.74) is 0.852. The topological polar surface area (TPSA) is 75.4 Å². The molecule has 0 amide bonds. The Morgan fingerprint density at radius 1 is 1.43 bits per heavy atom. The van der Waals surface area contributed by atoms with E-state index in [9.17, 15) is 9.18 Å².